The third-order valence-electron chi connectivity index (χ3n) is 7.20. The highest BCUT2D eigenvalue weighted by molar-refractivity contribution is 7.87. The van der Waals surface area contributed by atoms with Crippen LogP contribution in [0.1, 0.15) is 100.0 Å². The van der Waals surface area contributed by atoms with Crippen molar-refractivity contribution in [2.75, 3.05) is 0 Å². The van der Waals surface area contributed by atoms with Crippen LogP contribution < -0.4 is 4.18 Å². The summed E-state index contributed by atoms with van der Waals surface area (Å²) < 4.78 is 69.0. The minimum Gasteiger partial charge on any atom is -0.378 e. The van der Waals surface area contributed by atoms with Crippen LogP contribution in [0.25, 0.3) is 10.8 Å². The first-order chi connectivity index (χ1) is 17.2. The lowest BCUT2D eigenvalue weighted by Gasteiger charge is -2.27. The highest BCUT2D eigenvalue weighted by Crippen LogP contribution is 2.44. The summed E-state index contributed by atoms with van der Waals surface area (Å²) >= 11 is 0. The Hall–Kier alpha value is -2.42. The van der Waals surface area contributed by atoms with E-state index in [0.717, 1.165) is 29.2 Å². The maximum Gasteiger partial charge on any atom is 0.339 e. The molecule has 6 nitrogen and oxygen atoms in total. The highest BCUT2D eigenvalue weighted by Gasteiger charge is 2.34. The van der Waals surface area contributed by atoms with Crippen molar-refractivity contribution in [1.29, 1.82) is 0 Å². The highest BCUT2D eigenvalue weighted by atomic mass is 32.2. The van der Waals surface area contributed by atoms with E-state index < -0.39 is 20.2 Å². The molecular formula is C29H36O6S2. The summed E-state index contributed by atoms with van der Waals surface area (Å²) in [7, 11) is -8.78. The lowest BCUT2D eigenvalue weighted by molar-refractivity contribution is 0.467. The first-order valence-electron chi connectivity index (χ1n) is 12.9. The predicted octanol–water partition coefficient (Wildman–Crippen LogP) is 7.10. The fourth-order valence-electron chi connectivity index (χ4n) is 5.46. The van der Waals surface area contributed by atoms with Crippen molar-refractivity contribution in [2.45, 2.75) is 94.8 Å². The molecule has 0 aliphatic heterocycles. The molecule has 0 heterocycles. The van der Waals surface area contributed by atoms with Gasteiger partial charge in [-0.05, 0) is 83.0 Å². The average Bonchev–Trinajstić information content (AvgIpc) is 2.81. The standard InChI is InChI=1S/C29H36O6S2/c1-17(2)24-16-26(36(30,31)32)22-13-9-10-14-23(22)28(24)35-37(33,34)29-25(18(3)4)15-20-11-7-8-12-21(20)27(29)19(5)6/h7-8,11-12,15-19H,9-10,13-14H2,1-6H3,(H,30,31,32). The predicted molar refractivity (Wildman–Crippen MR) is 147 cm³/mol. The van der Waals surface area contributed by atoms with E-state index in [0.29, 0.717) is 35.1 Å². The summed E-state index contributed by atoms with van der Waals surface area (Å²) in [5, 5.41) is 1.85. The lowest BCUT2D eigenvalue weighted by Crippen LogP contribution is -2.20. The van der Waals surface area contributed by atoms with E-state index in [2.05, 4.69) is 0 Å². The summed E-state index contributed by atoms with van der Waals surface area (Å²) in [4.78, 5) is 0.0430. The third-order valence-corrected chi connectivity index (χ3v) is 9.46. The van der Waals surface area contributed by atoms with Gasteiger partial charge in [-0.25, -0.2) is 0 Å². The molecule has 0 spiro atoms. The monoisotopic (exact) mass is 544 g/mol. The average molecular weight is 545 g/mol. The van der Waals surface area contributed by atoms with Gasteiger partial charge in [-0.2, -0.15) is 16.8 Å². The topological polar surface area (TPSA) is 97.7 Å². The van der Waals surface area contributed by atoms with Crippen LogP contribution in [-0.4, -0.2) is 21.4 Å². The van der Waals surface area contributed by atoms with Gasteiger partial charge in [0.25, 0.3) is 10.1 Å². The molecule has 0 atom stereocenters. The smallest absolute Gasteiger partial charge is 0.339 e. The van der Waals surface area contributed by atoms with Crippen molar-refractivity contribution in [3.63, 3.8) is 0 Å². The van der Waals surface area contributed by atoms with E-state index in [4.69, 9.17) is 4.18 Å². The molecule has 0 bridgehead atoms. The summed E-state index contributed by atoms with van der Waals surface area (Å²) in [6.07, 6.45) is 2.45. The number of fused-ring (bicyclic) bond motifs is 2. The minimum atomic E-state index is -4.48. The fraction of sp³-hybridized carbons (Fsp3) is 0.448. The molecule has 0 aromatic heterocycles. The van der Waals surface area contributed by atoms with E-state index in [-0.39, 0.29) is 33.3 Å². The van der Waals surface area contributed by atoms with Crippen LogP contribution in [0.2, 0.25) is 0 Å². The van der Waals surface area contributed by atoms with Gasteiger partial charge in [-0.1, -0.05) is 65.8 Å². The third kappa shape index (κ3) is 5.16. The van der Waals surface area contributed by atoms with Crippen LogP contribution in [0, 0.1) is 0 Å². The largest absolute Gasteiger partial charge is 0.378 e. The van der Waals surface area contributed by atoms with E-state index in [9.17, 15) is 21.4 Å². The van der Waals surface area contributed by atoms with Gasteiger partial charge in [0, 0.05) is 11.1 Å². The van der Waals surface area contributed by atoms with Crippen molar-refractivity contribution >= 4 is 31.0 Å². The van der Waals surface area contributed by atoms with Gasteiger partial charge in [-0.3, -0.25) is 4.55 Å². The summed E-state index contributed by atoms with van der Waals surface area (Å²) in [6.45, 7) is 11.6. The molecule has 0 unspecified atom stereocenters. The summed E-state index contributed by atoms with van der Waals surface area (Å²) in [6, 6.07) is 11.1. The molecule has 3 aromatic rings. The quantitative estimate of drug-likeness (QED) is 0.252. The van der Waals surface area contributed by atoms with Crippen LogP contribution >= 0.6 is 0 Å². The van der Waals surface area contributed by atoms with Crippen LogP contribution in [0.5, 0.6) is 5.75 Å². The van der Waals surface area contributed by atoms with E-state index in [1.807, 2.05) is 71.9 Å². The van der Waals surface area contributed by atoms with Gasteiger partial charge < -0.3 is 4.18 Å². The van der Waals surface area contributed by atoms with Gasteiger partial charge in [0.2, 0.25) is 0 Å². The molecule has 1 aliphatic rings. The van der Waals surface area contributed by atoms with Crippen LogP contribution in [0.15, 0.2) is 46.2 Å². The zero-order chi connectivity index (χ0) is 27.3. The zero-order valence-corrected chi connectivity index (χ0v) is 24.0. The Morgan fingerprint density at radius 3 is 1.95 bits per heavy atom. The second-order valence-electron chi connectivity index (χ2n) is 10.9. The SMILES string of the molecule is CC(C)c1cc(S(=O)(=O)O)c2c(c1OS(=O)(=O)c1c(C(C)C)cc3ccccc3c1C(C)C)CCCC2. The Bertz CT molecular complexity index is 1570. The Morgan fingerprint density at radius 1 is 0.784 bits per heavy atom. The number of hydrogen-bond donors (Lipinski definition) is 1. The minimum absolute atomic E-state index is 0.0733. The number of benzene rings is 3. The van der Waals surface area contributed by atoms with Crippen LogP contribution in [0.4, 0.5) is 0 Å². The molecule has 1 aliphatic carbocycles. The first-order valence-corrected chi connectivity index (χ1v) is 15.7. The maximum absolute atomic E-state index is 14.2. The Morgan fingerprint density at radius 2 is 1.38 bits per heavy atom. The van der Waals surface area contributed by atoms with Crippen molar-refractivity contribution < 1.29 is 25.6 Å². The molecule has 0 amide bonds. The summed E-state index contributed by atoms with van der Waals surface area (Å²) in [5.41, 5.74) is 2.88. The molecular weight excluding hydrogens is 508 g/mol. The Labute approximate surface area is 220 Å². The second kappa shape index (κ2) is 10.0. The van der Waals surface area contributed by atoms with Gasteiger partial charge >= 0.3 is 10.1 Å². The van der Waals surface area contributed by atoms with Crippen LogP contribution in [-0.2, 0) is 33.1 Å². The first kappa shape index (κ1) is 27.6. The Balaban J connectivity index is 2.04. The second-order valence-corrected chi connectivity index (χ2v) is 13.7. The lowest BCUT2D eigenvalue weighted by atomic mass is 9.87. The van der Waals surface area contributed by atoms with Gasteiger partial charge in [0.05, 0.1) is 4.90 Å². The normalized spacial score (nSPS) is 14.5. The van der Waals surface area contributed by atoms with Crippen molar-refractivity contribution in [1.82, 2.24) is 0 Å². The molecule has 37 heavy (non-hydrogen) atoms. The van der Waals surface area contributed by atoms with Crippen LogP contribution in [0.3, 0.4) is 0 Å². The molecule has 8 heteroatoms. The molecule has 4 rings (SSSR count). The van der Waals surface area contributed by atoms with E-state index >= 15 is 0 Å². The summed E-state index contributed by atoms with van der Waals surface area (Å²) in [5.74, 6) is -0.188. The molecule has 1 N–H and O–H groups in total. The number of hydrogen-bond acceptors (Lipinski definition) is 5. The maximum atomic E-state index is 14.2. The van der Waals surface area contributed by atoms with Gasteiger partial charge in [0.1, 0.15) is 10.6 Å². The van der Waals surface area contributed by atoms with Crippen molar-refractivity contribution in [3.05, 3.63) is 64.2 Å². The molecule has 3 aromatic carbocycles. The molecule has 0 fully saturated rings. The van der Waals surface area contributed by atoms with Gasteiger partial charge in [0.15, 0.2) is 0 Å². The zero-order valence-electron chi connectivity index (χ0n) is 22.3. The van der Waals surface area contributed by atoms with Crippen molar-refractivity contribution in [2.24, 2.45) is 0 Å². The number of rotatable bonds is 7. The van der Waals surface area contributed by atoms with Crippen molar-refractivity contribution in [3.8, 4) is 5.75 Å². The van der Waals surface area contributed by atoms with E-state index in [1.165, 1.54) is 6.07 Å². The Kier molecular flexibility index (Phi) is 7.49. The molecule has 0 saturated heterocycles. The van der Waals surface area contributed by atoms with E-state index in [1.54, 1.807) is 0 Å². The molecule has 200 valence electrons. The fourth-order valence-corrected chi connectivity index (χ4v) is 7.98. The molecule has 0 radical (unpaired) electrons. The molecule has 0 saturated carbocycles. The van der Waals surface area contributed by atoms with Gasteiger partial charge in [-0.15, -0.1) is 0 Å².